The normalized spacial score (nSPS) is 24.4. The summed E-state index contributed by atoms with van der Waals surface area (Å²) in [7, 11) is -4.03. The van der Waals surface area contributed by atoms with Crippen molar-refractivity contribution in [2.24, 2.45) is 0 Å². The lowest BCUT2D eigenvalue weighted by molar-refractivity contribution is -0.158. The lowest BCUT2D eigenvalue weighted by atomic mass is 10.2. The highest BCUT2D eigenvalue weighted by atomic mass is 35.5. The minimum absolute atomic E-state index is 0.0432. The van der Waals surface area contributed by atoms with Gasteiger partial charge in [-0.1, -0.05) is 11.6 Å². The van der Waals surface area contributed by atoms with Crippen molar-refractivity contribution < 1.29 is 27.9 Å². The molecule has 2 N–H and O–H groups in total. The summed E-state index contributed by atoms with van der Waals surface area (Å²) in [4.78, 5) is 24.4. The Labute approximate surface area is 162 Å². The maximum Gasteiger partial charge on any atom is 0.325 e. The molecule has 10 heteroatoms. The van der Waals surface area contributed by atoms with E-state index in [1.165, 1.54) is 31.2 Å². The minimum Gasteiger partial charge on any atom is -0.451 e. The van der Waals surface area contributed by atoms with Crippen LogP contribution >= 0.6 is 11.6 Å². The van der Waals surface area contributed by atoms with Crippen LogP contribution < -0.4 is 5.32 Å². The van der Waals surface area contributed by atoms with Crippen molar-refractivity contribution in [3.8, 4) is 0 Å². The topological polar surface area (TPSA) is 113 Å². The van der Waals surface area contributed by atoms with Gasteiger partial charge in [0, 0.05) is 24.0 Å². The number of nitrogens with zero attached hydrogens (tertiary/aromatic N) is 1. The van der Waals surface area contributed by atoms with Crippen LogP contribution in [0.2, 0.25) is 5.02 Å². The van der Waals surface area contributed by atoms with Crippen LogP contribution in [0.4, 0.5) is 0 Å². The monoisotopic (exact) mass is 416 g/mol. The standard InChI is InChI=1S/C17H21ClN2O6S/c1-10(16(22)19-12-4-5-12)26-17(23)15-8-13(21)9-20(15)27(24,25)14-6-2-11(18)3-7-14/h2-3,6-7,10,12-13,15,21H,4-5,8-9H2,1H3,(H,19,22)/t10-,13+,15+/m1/s1. The number of ether oxygens (including phenoxy) is 1. The Bertz CT molecular complexity index is 824. The Balaban J connectivity index is 1.73. The zero-order chi connectivity index (χ0) is 19.8. The second-order valence-corrected chi connectivity index (χ2v) is 9.12. The largest absolute Gasteiger partial charge is 0.451 e. The van der Waals surface area contributed by atoms with Crippen LogP contribution in [0, 0.1) is 0 Å². The molecule has 1 aromatic rings. The molecule has 0 bridgehead atoms. The lowest BCUT2D eigenvalue weighted by Crippen LogP contribution is -2.44. The molecule has 8 nitrogen and oxygen atoms in total. The average Bonchev–Trinajstić information content (AvgIpc) is 3.33. The van der Waals surface area contributed by atoms with Gasteiger partial charge in [-0.3, -0.25) is 9.59 Å². The van der Waals surface area contributed by atoms with Gasteiger partial charge in [-0.2, -0.15) is 4.31 Å². The molecule has 1 aromatic carbocycles. The fourth-order valence-corrected chi connectivity index (χ4v) is 4.61. The number of aliphatic hydroxyl groups is 1. The quantitative estimate of drug-likeness (QED) is 0.659. The minimum atomic E-state index is -4.03. The van der Waals surface area contributed by atoms with Crippen LogP contribution in [-0.4, -0.2) is 60.5 Å². The van der Waals surface area contributed by atoms with Gasteiger partial charge in [-0.25, -0.2) is 8.42 Å². The van der Waals surface area contributed by atoms with Gasteiger partial charge in [0.25, 0.3) is 5.91 Å². The number of esters is 1. The number of aliphatic hydroxyl groups excluding tert-OH is 1. The summed E-state index contributed by atoms with van der Waals surface area (Å²) in [6, 6.07) is 4.44. The van der Waals surface area contributed by atoms with Crippen molar-refractivity contribution in [2.45, 2.75) is 55.4 Å². The molecule has 3 rings (SSSR count). The Morgan fingerprint density at radius 1 is 1.30 bits per heavy atom. The number of sulfonamides is 1. The highest BCUT2D eigenvalue weighted by Gasteiger charge is 2.45. The van der Waals surface area contributed by atoms with Crippen molar-refractivity contribution >= 4 is 33.5 Å². The number of rotatable bonds is 6. The van der Waals surface area contributed by atoms with Gasteiger partial charge in [0.2, 0.25) is 10.0 Å². The molecule has 1 amide bonds. The van der Waals surface area contributed by atoms with Crippen molar-refractivity contribution in [3.63, 3.8) is 0 Å². The van der Waals surface area contributed by atoms with Gasteiger partial charge in [0.05, 0.1) is 11.0 Å². The van der Waals surface area contributed by atoms with E-state index in [1.807, 2.05) is 0 Å². The fourth-order valence-electron chi connectivity index (χ4n) is 2.86. The smallest absolute Gasteiger partial charge is 0.325 e. The lowest BCUT2D eigenvalue weighted by Gasteiger charge is -2.24. The zero-order valence-corrected chi connectivity index (χ0v) is 16.2. The van der Waals surface area contributed by atoms with Gasteiger partial charge in [-0.15, -0.1) is 0 Å². The number of halogens is 1. The van der Waals surface area contributed by atoms with Crippen LogP contribution in [0.15, 0.2) is 29.2 Å². The molecule has 1 aliphatic carbocycles. The van der Waals surface area contributed by atoms with Crippen LogP contribution in [0.1, 0.15) is 26.2 Å². The molecular weight excluding hydrogens is 396 g/mol. The van der Waals surface area contributed by atoms with E-state index >= 15 is 0 Å². The van der Waals surface area contributed by atoms with E-state index in [1.54, 1.807) is 0 Å². The second-order valence-electron chi connectivity index (χ2n) is 6.80. The van der Waals surface area contributed by atoms with Gasteiger partial charge >= 0.3 is 5.97 Å². The van der Waals surface area contributed by atoms with Crippen molar-refractivity contribution in [3.05, 3.63) is 29.3 Å². The Kier molecular flexibility index (Phi) is 5.76. The Hall–Kier alpha value is -1.68. The Morgan fingerprint density at radius 3 is 2.52 bits per heavy atom. The summed E-state index contributed by atoms with van der Waals surface area (Å²) in [5.74, 6) is -1.28. The number of amides is 1. The summed E-state index contributed by atoms with van der Waals surface area (Å²) in [5, 5.41) is 13.0. The number of carbonyl (C=O) groups is 2. The molecule has 2 fully saturated rings. The first-order valence-corrected chi connectivity index (χ1v) is 10.5. The van der Waals surface area contributed by atoms with E-state index < -0.39 is 40.1 Å². The number of benzene rings is 1. The van der Waals surface area contributed by atoms with E-state index in [9.17, 15) is 23.1 Å². The maximum absolute atomic E-state index is 12.9. The summed E-state index contributed by atoms with van der Waals surface area (Å²) < 4.78 is 31.8. The van der Waals surface area contributed by atoms with Crippen LogP contribution in [0.3, 0.4) is 0 Å². The molecule has 2 aliphatic rings. The van der Waals surface area contributed by atoms with Crippen molar-refractivity contribution in [2.75, 3.05) is 6.54 Å². The third-order valence-corrected chi connectivity index (χ3v) is 6.65. The number of carbonyl (C=O) groups excluding carboxylic acids is 2. The molecule has 148 valence electrons. The van der Waals surface area contributed by atoms with Gasteiger partial charge in [-0.05, 0) is 44.0 Å². The predicted molar refractivity (Wildman–Crippen MR) is 96.5 cm³/mol. The highest BCUT2D eigenvalue weighted by molar-refractivity contribution is 7.89. The van der Waals surface area contributed by atoms with E-state index in [4.69, 9.17) is 16.3 Å². The van der Waals surface area contributed by atoms with E-state index in [2.05, 4.69) is 5.32 Å². The molecule has 27 heavy (non-hydrogen) atoms. The van der Waals surface area contributed by atoms with Crippen LogP contribution in [-0.2, 0) is 24.3 Å². The molecular formula is C17H21ClN2O6S. The summed E-state index contributed by atoms with van der Waals surface area (Å²) >= 11 is 5.79. The average molecular weight is 417 g/mol. The van der Waals surface area contributed by atoms with E-state index in [0.717, 1.165) is 17.1 Å². The molecule has 0 unspecified atom stereocenters. The van der Waals surface area contributed by atoms with Crippen LogP contribution in [0.25, 0.3) is 0 Å². The molecule has 1 heterocycles. The van der Waals surface area contributed by atoms with Crippen molar-refractivity contribution in [1.29, 1.82) is 0 Å². The van der Waals surface area contributed by atoms with Gasteiger partial charge in [0.15, 0.2) is 6.10 Å². The van der Waals surface area contributed by atoms with Crippen molar-refractivity contribution in [1.82, 2.24) is 9.62 Å². The molecule has 1 saturated heterocycles. The summed E-state index contributed by atoms with van der Waals surface area (Å²) in [6.45, 7) is 1.20. The SMILES string of the molecule is C[C@@H](OC(=O)[C@@H]1C[C@H](O)CN1S(=O)(=O)c1ccc(Cl)cc1)C(=O)NC1CC1. The highest BCUT2D eigenvalue weighted by Crippen LogP contribution is 2.28. The Morgan fingerprint density at radius 2 is 1.93 bits per heavy atom. The molecule has 3 atom stereocenters. The molecule has 1 saturated carbocycles. The third-order valence-electron chi connectivity index (χ3n) is 4.51. The van der Waals surface area contributed by atoms with Gasteiger partial charge < -0.3 is 15.2 Å². The maximum atomic E-state index is 12.9. The number of nitrogens with one attached hydrogen (secondary N) is 1. The zero-order valence-electron chi connectivity index (χ0n) is 14.7. The first kappa shape index (κ1) is 20.1. The summed E-state index contributed by atoms with van der Waals surface area (Å²) in [6.07, 6.45) is -0.346. The predicted octanol–water partition coefficient (Wildman–Crippen LogP) is 0.674. The third kappa shape index (κ3) is 4.60. The first-order chi connectivity index (χ1) is 12.7. The molecule has 1 aliphatic heterocycles. The van der Waals surface area contributed by atoms with Gasteiger partial charge in [0.1, 0.15) is 6.04 Å². The van der Waals surface area contributed by atoms with E-state index in [0.29, 0.717) is 5.02 Å². The number of hydrogen-bond acceptors (Lipinski definition) is 6. The summed E-state index contributed by atoms with van der Waals surface area (Å²) in [5.41, 5.74) is 0. The van der Waals surface area contributed by atoms with E-state index in [-0.39, 0.29) is 23.9 Å². The number of hydrogen-bond donors (Lipinski definition) is 2. The number of β-amino-alcohol motifs (C(OH)–C–C–N with tert-alkyl or cyclic N) is 1. The fraction of sp³-hybridized carbons (Fsp3) is 0.529. The van der Waals surface area contributed by atoms with Crippen LogP contribution in [0.5, 0.6) is 0 Å². The second kappa shape index (κ2) is 7.75. The first-order valence-electron chi connectivity index (χ1n) is 8.65. The molecule has 0 spiro atoms. The molecule has 0 aromatic heterocycles. The molecule has 0 radical (unpaired) electrons.